The summed E-state index contributed by atoms with van der Waals surface area (Å²) in [5.74, 6) is 0.179. The fourth-order valence-corrected chi connectivity index (χ4v) is 1.28. The van der Waals surface area contributed by atoms with E-state index in [4.69, 9.17) is 10.5 Å². The number of ether oxygens (including phenoxy) is 1. The summed E-state index contributed by atoms with van der Waals surface area (Å²) in [6.07, 6.45) is 0. The maximum absolute atomic E-state index is 10.9. The van der Waals surface area contributed by atoms with Crippen molar-refractivity contribution in [3.8, 4) is 5.75 Å². The van der Waals surface area contributed by atoms with Crippen molar-refractivity contribution in [2.24, 2.45) is 11.7 Å². The van der Waals surface area contributed by atoms with Crippen molar-refractivity contribution >= 4 is 5.91 Å². The highest BCUT2D eigenvalue weighted by Crippen LogP contribution is 2.18. The highest BCUT2D eigenvalue weighted by atomic mass is 16.5. The maximum atomic E-state index is 10.9. The monoisotopic (exact) mass is 222 g/mol. The summed E-state index contributed by atoms with van der Waals surface area (Å²) < 4.78 is 5.57. The molecule has 0 aliphatic heterocycles. The second kappa shape index (κ2) is 6.12. The number of hydrogen-bond donors (Lipinski definition) is 2. The van der Waals surface area contributed by atoms with Crippen molar-refractivity contribution in [2.45, 2.75) is 13.5 Å². The Kier molecular flexibility index (Phi) is 4.79. The van der Waals surface area contributed by atoms with Gasteiger partial charge < -0.3 is 15.8 Å². The van der Waals surface area contributed by atoms with Gasteiger partial charge in [-0.3, -0.25) is 4.79 Å². The van der Waals surface area contributed by atoms with Crippen molar-refractivity contribution in [2.75, 3.05) is 13.7 Å². The van der Waals surface area contributed by atoms with Crippen molar-refractivity contribution in [3.63, 3.8) is 0 Å². The number of para-hydroxylation sites is 1. The minimum absolute atomic E-state index is 0.275. The lowest BCUT2D eigenvalue weighted by molar-refractivity contribution is -0.122. The molecule has 4 heteroatoms. The van der Waals surface area contributed by atoms with Crippen LogP contribution in [-0.4, -0.2) is 19.6 Å². The molecule has 0 spiro atoms. The van der Waals surface area contributed by atoms with Gasteiger partial charge in [-0.1, -0.05) is 25.1 Å². The molecule has 4 nitrogen and oxygen atoms in total. The van der Waals surface area contributed by atoms with Crippen LogP contribution in [0.15, 0.2) is 24.3 Å². The molecule has 0 bridgehead atoms. The average Bonchev–Trinajstić information content (AvgIpc) is 2.27. The molecule has 88 valence electrons. The van der Waals surface area contributed by atoms with E-state index in [1.807, 2.05) is 31.3 Å². The Balaban J connectivity index is 2.62. The lowest BCUT2D eigenvalue weighted by Gasteiger charge is -2.13. The van der Waals surface area contributed by atoms with Gasteiger partial charge in [0.2, 0.25) is 5.91 Å². The molecule has 1 unspecified atom stereocenters. The predicted molar refractivity (Wildman–Crippen MR) is 63.1 cm³/mol. The van der Waals surface area contributed by atoms with E-state index in [0.29, 0.717) is 6.61 Å². The Labute approximate surface area is 95.8 Å². The van der Waals surface area contributed by atoms with Gasteiger partial charge in [-0.15, -0.1) is 0 Å². The van der Waals surface area contributed by atoms with Crippen molar-refractivity contribution in [3.05, 3.63) is 29.8 Å². The number of benzene rings is 1. The van der Waals surface area contributed by atoms with E-state index in [1.165, 1.54) is 0 Å². The van der Waals surface area contributed by atoms with E-state index < -0.39 is 0 Å². The Morgan fingerprint density at radius 1 is 1.50 bits per heavy atom. The zero-order chi connectivity index (χ0) is 12.0. The first-order valence-corrected chi connectivity index (χ1v) is 5.29. The third-order valence-corrected chi connectivity index (χ3v) is 2.31. The van der Waals surface area contributed by atoms with Crippen molar-refractivity contribution in [1.82, 2.24) is 5.32 Å². The summed E-state index contributed by atoms with van der Waals surface area (Å²) in [5, 5.41) is 3.06. The smallest absolute Gasteiger partial charge is 0.223 e. The molecule has 1 amide bonds. The number of nitrogens with two attached hydrogens (primary N) is 1. The molecule has 0 fully saturated rings. The van der Waals surface area contributed by atoms with Crippen LogP contribution in [0.5, 0.6) is 5.75 Å². The largest absolute Gasteiger partial charge is 0.492 e. The first-order valence-electron chi connectivity index (χ1n) is 5.29. The van der Waals surface area contributed by atoms with Crippen molar-refractivity contribution in [1.29, 1.82) is 0 Å². The van der Waals surface area contributed by atoms with Crippen LogP contribution < -0.4 is 15.8 Å². The van der Waals surface area contributed by atoms with Crippen LogP contribution in [-0.2, 0) is 11.3 Å². The molecule has 0 radical (unpaired) electrons. The predicted octanol–water partition coefficient (Wildman–Crippen LogP) is 0.906. The summed E-state index contributed by atoms with van der Waals surface area (Å²) >= 11 is 0. The molecular formula is C12H18N2O2. The normalized spacial score (nSPS) is 12.1. The number of hydrogen-bond acceptors (Lipinski definition) is 3. The van der Waals surface area contributed by atoms with E-state index >= 15 is 0 Å². The lowest BCUT2D eigenvalue weighted by Crippen LogP contribution is -2.26. The Bertz CT molecular complexity index is 353. The van der Waals surface area contributed by atoms with E-state index in [2.05, 4.69) is 5.32 Å². The van der Waals surface area contributed by atoms with Gasteiger partial charge in [-0.05, 0) is 13.1 Å². The lowest BCUT2D eigenvalue weighted by atomic mass is 10.2. The van der Waals surface area contributed by atoms with Crippen LogP contribution in [0.4, 0.5) is 0 Å². The molecule has 0 heterocycles. The van der Waals surface area contributed by atoms with Crippen LogP contribution in [0.2, 0.25) is 0 Å². The van der Waals surface area contributed by atoms with Crippen LogP contribution in [0.1, 0.15) is 12.5 Å². The third kappa shape index (κ3) is 3.55. The van der Waals surface area contributed by atoms with Gasteiger partial charge in [-0.25, -0.2) is 0 Å². The Morgan fingerprint density at radius 3 is 2.81 bits per heavy atom. The SMILES string of the molecule is CNCc1ccccc1OCC(C)C(N)=O. The van der Waals surface area contributed by atoms with Gasteiger partial charge in [0.1, 0.15) is 5.75 Å². The van der Waals surface area contributed by atoms with Gasteiger partial charge in [-0.2, -0.15) is 0 Å². The number of carbonyl (C=O) groups excluding carboxylic acids is 1. The molecule has 0 saturated carbocycles. The average molecular weight is 222 g/mol. The Hall–Kier alpha value is -1.55. The highest BCUT2D eigenvalue weighted by molar-refractivity contribution is 5.76. The van der Waals surface area contributed by atoms with Crippen LogP contribution >= 0.6 is 0 Å². The number of rotatable bonds is 6. The van der Waals surface area contributed by atoms with Gasteiger partial charge in [0.25, 0.3) is 0 Å². The molecule has 0 aromatic heterocycles. The standard InChI is InChI=1S/C12H18N2O2/c1-9(12(13)15)8-16-11-6-4-3-5-10(11)7-14-2/h3-6,9,14H,7-8H2,1-2H3,(H2,13,15). The van der Waals surface area contributed by atoms with Crippen LogP contribution in [0.25, 0.3) is 0 Å². The summed E-state index contributed by atoms with van der Waals surface area (Å²) in [5.41, 5.74) is 6.24. The number of nitrogens with one attached hydrogen (secondary N) is 1. The maximum Gasteiger partial charge on any atom is 0.223 e. The fourth-order valence-electron chi connectivity index (χ4n) is 1.28. The minimum atomic E-state index is -0.342. The molecule has 0 saturated heterocycles. The summed E-state index contributed by atoms with van der Waals surface area (Å²) in [6, 6.07) is 7.74. The van der Waals surface area contributed by atoms with E-state index in [1.54, 1.807) is 6.92 Å². The first-order chi connectivity index (χ1) is 7.65. The molecule has 0 aliphatic carbocycles. The van der Waals surface area contributed by atoms with E-state index in [-0.39, 0.29) is 11.8 Å². The van der Waals surface area contributed by atoms with Gasteiger partial charge in [0, 0.05) is 12.1 Å². The summed E-state index contributed by atoms with van der Waals surface area (Å²) in [6.45, 7) is 2.81. The number of amides is 1. The Morgan fingerprint density at radius 2 is 2.19 bits per heavy atom. The van der Waals surface area contributed by atoms with Gasteiger partial charge >= 0.3 is 0 Å². The number of primary amides is 1. The molecule has 1 rings (SSSR count). The topological polar surface area (TPSA) is 64.3 Å². The third-order valence-electron chi connectivity index (χ3n) is 2.31. The molecule has 0 aliphatic rings. The van der Waals surface area contributed by atoms with Gasteiger partial charge in [0.15, 0.2) is 0 Å². The summed E-state index contributed by atoms with van der Waals surface area (Å²) in [7, 11) is 1.88. The zero-order valence-electron chi connectivity index (χ0n) is 9.69. The number of carbonyl (C=O) groups is 1. The molecule has 3 N–H and O–H groups in total. The minimum Gasteiger partial charge on any atom is -0.492 e. The van der Waals surface area contributed by atoms with E-state index in [0.717, 1.165) is 17.9 Å². The molecular weight excluding hydrogens is 204 g/mol. The second-order valence-corrected chi connectivity index (χ2v) is 3.75. The van der Waals surface area contributed by atoms with Crippen LogP contribution in [0, 0.1) is 5.92 Å². The molecule has 1 aromatic carbocycles. The molecule has 1 atom stereocenters. The summed E-state index contributed by atoms with van der Waals surface area (Å²) in [4.78, 5) is 10.9. The molecule has 16 heavy (non-hydrogen) atoms. The first kappa shape index (κ1) is 12.5. The fraction of sp³-hybridized carbons (Fsp3) is 0.417. The second-order valence-electron chi connectivity index (χ2n) is 3.75. The highest BCUT2D eigenvalue weighted by Gasteiger charge is 2.10. The van der Waals surface area contributed by atoms with E-state index in [9.17, 15) is 4.79 Å². The van der Waals surface area contributed by atoms with Gasteiger partial charge in [0.05, 0.1) is 12.5 Å². The quantitative estimate of drug-likeness (QED) is 0.751. The molecule has 1 aromatic rings. The van der Waals surface area contributed by atoms with Crippen molar-refractivity contribution < 1.29 is 9.53 Å². The zero-order valence-corrected chi connectivity index (χ0v) is 9.69. The van der Waals surface area contributed by atoms with Crippen LogP contribution in [0.3, 0.4) is 0 Å².